The molecule has 0 spiro atoms. The number of ether oxygens (including phenoxy) is 2. The fraction of sp³-hybridized carbons (Fsp3) is 0.400. The first kappa shape index (κ1) is 24.7. The number of nitrogens with one attached hydrogen (secondary N) is 2. The van der Waals surface area contributed by atoms with Crippen LogP contribution < -0.4 is 15.0 Å². The van der Waals surface area contributed by atoms with Gasteiger partial charge in [-0.15, -0.1) is 0 Å². The minimum Gasteiger partial charge on any atom is -0.491 e. The number of amides is 1. The van der Waals surface area contributed by atoms with Crippen LogP contribution in [0.25, 0.3) is 0 Å². The molecule has 2 heterocycles. The molecule has 1 aromatic heterocycles. The molecule has 0 saturated carbocycles. The van der Waals surface area contributed by atoms with Gasteiger partial charge in [-0.3, -0.25) is 4.79 Å². The van der Waals surface area contributed by atoms with Gasteiger partial charge in [-0.05, 0) is 24.3 Å². The Balaban J connectivity index is 2.02. The van der Waals surface area contributed by atoms with Gasteiger partial charge in [0.1, 0.15) is 16.7 Å². The zero-order chi connectivity index (χ0) is 24.6. The lowest BCUT2D eigenvalue weighted by molar-refractivity contribution is -0.122. The Morgan fingerprint density at radius 2 is 2.03 bits per heavy atom. The second kappa shape index (κ2) is 9.14. The summed E-state index contributed by atoms with van der Waals surface area (Å²) in [5.41, 5.74) is -2.02. The van der Waals surface area contributed by atoms with Crippen molar-refractivity contribution in [3.8, 4) is 5.75 Å². The summed E-state index contributed by atoms with van der Waals surface area (Å²) in [4.78, 5) is 18.1. The van der Waals surface area contributed by atoms with E-state index in [-0.39, 0.29) is 16.4 Å². The standard InChI is InChI=1S/C20H22F4N4O4S/c1-31-17-13(5-4-12(21)16(17)22)28-10-20(32-2,19(23)24)9-14(28)18(29)27-11-6-7-26-15(8-11)33(3,25)30/h4-8,14,19,25H,9-10H2,1-3H3,(H,26,27,29)/t14-,20-,33-/m1/s1. The summed E-state index contributed by atoms with van der Waals surface area (Å²) in [6.07, 6.45) is -1.05. The fourth-order valence-corrected chi connectivity index (χ4v) is 4.26. The molecule has 2 aromatic rings. The summed E-state index contributed by atoms with van der Waals surface area (Å²) in [6.45, 7) is -0.502. The molecule has 180 valence electrons. The number of carbonyl (C=O) groups is 1. The van der Waals surface area contributed by atoms with Crippen molar-refractivity contribution < 1.29 is 36.0 Å². The summed E-state index contributed by atoms with van der Waals surface area (Å²) in [5.74, 6) is -3.83. The lowest BCUT2D eigenvalue weighted by Gasteiger charge is -2.29. The van der Waals surface area contributed by atoms with Crippen LogP contribution >= 0.6 is 0 Å². The summed E-state index contributed by atoms with van der Waals surface area (Å²) < 4.78 is 85.6. The van der Waals surface area contributed by atoms with Crippen LogP contribution in [0.3, 0.4) is 0 Å². The monoisotopic (exact) mass is 490 g/mol. The highest BCUT2D eigenvalue weighted by atomic mass is 32.2. The number of hydrogen-bond donors (Lipinski definition) is 2. The summed E-state index contributed by atoms with van der Waals surface area (Å²) in [7, 11) is -1.01. The van der Waals surface area contributed by atoms with Gasteiger partial charge in [0.15, 0.2) is 11.6 Å². The van der Waals surface area contributed by atoms with Crippen LogP contribution in [0.4, 0.5) is 28.9 Å². The molecule has 1 aromatic carbocycles. The minimum atomic E-state index is -3.17. The van der Waals surface area contributed by atoms with Crippen molar-refractivity contribution in [3.05, 3.63) is 42.1 Å². The molecular formula is C20H22F4N4O4S. The molecule has 3 rings (SSSR count). The predicted octanol–water partition coefficient (Wildman–Crippen LogP) is 3.27. The number of rotatable bonds is 7. The quantitative estimate of drug-likeness (QED) is 0.578. The molecule has 33 heavy (non-hydrogen) atoms. The number of carbonyl (C=O) groups excluding carboxylic acids is 1. The first-order chi connectivity index (χ1) is 15.4. The first-order valence-corrected chi connectivity index (χ1v) is 11.5. The van der Waals surface area contributed by atoms with E-state index in [0.717, 1.165) is 32.6 Å². The van der Waals surface area contributed by atoms with Crippen LogP contribution in [-0.2, 0) is 19.3 Å². The molecule has 13 heteroatoms. The zero-order valence-corrected chi connectivity index (χ0v) is 18.7. The van der Waals surface area contributed by atoms with Gasteiger partial charge in [-0.1, -0.05) is 0 Å². The lowest BCUT2D eigenvalue weighted by Crippen LogP contribution is -2.42. The van der Waals surface area contributed by atoms with E-state index in [1.165, 1.54) is 23.2 Å². The highest BCUT2D eigenvalue weighted by Gasteiger charge is 2.53. The zero-order valence-electron chi connectivity index (χ0n) is 17.9. The molecule has 3 atom stereocenters. The van der Waals surface area contributed by atoms with E-state index in [1.54, 1.807) is 0 Å². The summed E-state index contributed by atoms with van der Waals surface area (Å²) >= 11 is 0. The third-order valence-corrected chi connectivity index (χ3v) is 6.43. The predicted molar refractivity (Wildman–Crippen MR) is 112 cm³/mol. The number of anilines is 2. The molecule has 0 unspecified atom stereocenters. The van der Waals surface area contributed by atoms with Crippen LogP contribution in [0.15, 0.2) is 35.5 Å². The number of nitrogens with zero attached hydrogens (tertiary/aromatic N) is 2. The second-order valence-corrected chi connectivity index (χ2v) is 9.65. The van der Waals surface area contributed by atoms with E-state index < -0.39 is 64.1 Å². The number of alkyl halides is 2. The maximum atomic E-state index is 14.3. The van der Waals surface area contributed by atoms with Crippen LogP contribution in [0, 0.1) is 16.4 Å². The van der Waals surface area contributed by atoms with Crippen molar-refractivity contribution in [2.75, 3.05) is 37.2 Å². The van der Waals surface area contributed by atoms with Gasteiger partial charge < -0.3 is 19.7 Å². The molecule has 1 amide bonds. The van der Waals surface area contributed by atoms with Crippen molar-refractivity contribution in [2.45, 2.75) is 29.5 Å². The van der Waals surface area contributed by atoms with Crippen molar-refractivity contribution in [1.82, 2.24) is 4.98 Å². The Bertz CT molecular complexity index is 1160. The number of aromatic nitrogens is 1. The molecule has 1 aliphatic heterocycles. The number of halogens is 4. The third-order valence-electron chi connectivity index (χ3n) is 5.40. The highest BCUT2D eigenvalue weighted by molar-refractivity contribution is 7.91. The Morgan fingerprint density at radius 3 is 2.61 bits per heavy atom. The molecule has 2 N–H and O–H groups in total. The van der Waals surface area contributed by atoms with Crippen molar-refractivity contribution in [3.63, 3.8) is 0 Å². The average Bonchev–Trinajstić information content (AvgIpc) is 3.16. The van der Waals surface area contributed by atoms with E-state index in [9.17, 15) is 26.6 Å². The topological polar surface area (TPSA) is 105 Å². The van der Waals surface area contributed by atoms with Crippen molar-refractivity contribution >= 4 is 27.0 Å². The van der Waals surface area contributed by atoms with Crippen LogP contribution in [-0.4, -0.2) is 60.2 Å². The molecule has 0 radical (unpaired) electrons. The van der Waals surface area contributed by atoms with E-state index >= 15 is 0 Å². The molecule has 8 nitrogen and oxygen atoms in total. The maximum Gasteiger partial charge on any atom is 0.268 e. The molecular weight excluding hydrogens is 468 g/mol. The van der Waals surface area contributed by atoms with Gasteiger partial charge >= 0.3 is 0 Å². The largest absolute Gasteiger partial charge is 0.491 e. The van der Waals surface area contributed by atoms with Crippen molar-refractivity contribution in [1.29, 1.82) is 4.78 Å². The Kier molecular flexibility index (Phi) is 6.84. The minimum absolute atomic E-state index is 0.0790. The van der Waals surface area contributed by atoms with Gasteiger partial charge in [-0.2, -0.15) is 4.39 Å². The Labute approximate surface area is 187 Å². The van der Waals surface area contributed by atoms with Gasteiger partial charge in [0, 0.05) is 31.7 Å². The smallest absolute Gasteiger partial charge is 0.268 e. The van der Waals surface area contributed by atoms with Gasteiger partial charge in [0.25, 0.3) is 6.43 Å². The average molecular weight is 490 g/mol. The van der Waals surface area contributed by atoms with Crippen LogP contribution in [0.2, 0.25) is 0 Å². The molecule has 0 bridgehead atoms. The third kappa shape index (κ3) is 4.74. The number of pyridine rings is 1. The number of methoxy groups -OCH3 is 2. The Hall–Kier alpha value is -2.93. The Morgan fingerprint density at radius 1 is 1.33 bits per heavy atom. The number of benzene rings is 1. The summed E-state index contributed by atoms with van der Waals surface area (Å²) in [5, 5.41) is 2.44. The van der Waals surface area contributed by atoms with E-state index in [0.29, 0.717) is 0 Å². The van der Waals surface area contributed by atoms with Crippen molar-refractivity contribution in [2.24, 2.45) is 0 Å². The molecule has 1 aliphatic rings. The van der Waals surface area contributed by atoms with Gasteiger partial charge in [-0.25, -0.2) is 27.1 Å². The highest BCUT2D eigenvalue weighted by Crippen LogP contribution is 2.42. The second-order valence-electron chi connectivity index (χ2n) is 7.55. The van der Waals surface area contributed by atoms with E-state index in [2.05, 4.69) is 10.3 Å². The molecule has 0 aliphatic carbocycles. The summed E-state index contributed by atoms with van der Waals surface area (Å²) in [6, 6.07) is 3.27. The van der Waals surface area contributed by atoms with Crippen LogP contribution in [0.1, 0.15) is 6.42 Å². The van der Waals surface area contributed by atoms with E-state index in [1.807, 2.05) is 0 Å². The fourth-order valence-electron chi connectivity index (χ4n) is 3.65. The molecule has 1 fully saturated rings. The number of hydrogen-bond acceptors (Lipinski definition) is 7. The van der Waals surface area contributed by atoms with Crippen LogP contribution in [0.5, 0.6) is 5.75 Å². The van der Waals surface area contributed by atoms with Gasteiger partial charge in [0.05, 0.1) is 29.1 Å². The normalized spacial score (nSPS) is 22.3. The van der Waals surface area contributed by atoms with E-state index in [4.69, 9.17) is 14.3 Å². The molecule has 1 saturated heterocycles. The SMILES string of the molecule is COc1c(N2C[C@@](OC)(C(F)F)C[C@@H]2C(=O)Nc2ccnc([S@](C)(=N)=O)c2)ccc(F)c1F. The maximum absolute atomic E-state index is 14.3. The first-order valence-electron chi connectivity index (χ1n) is 9.56. The lowest BCUT2D eigenvalue weighted by atomic mass is 10.00. The van der Waals surface area contributed by atoms with Gasteiger partial charge in [0.2, 0.25) is 11.7 Å².